The average molecular weight is 250 g/mol. The van der Waals surface area contributed by atoms with E-state index >= 15 is 0 Å². The Hall–Kier alpha value is -0.170. The van der Waals surface area contributed by atoms with Crippen LogP contribution in [0.1, 0.15) is 26.2 Å². The number of aliphatic hydroxyl groups excluding tert-OH is 1. The van der Waals surface area contributed by atoms with Crippen molar-refractivity contribution in [2.45, 2.75) is 31.4 Å². The minimum absolute atomic E-state index is 0.107. The zero-order valence-corrected chi connectivity index (χ0v) is 10.7. The fourth-order valence-corrected chi connectivity index (χ4v) is 4.06. The van der Waals surface area contributed by atoms with Crippen LogP contribution in [0, 0.1) is 0 Å². The number of rotatable bonds is 6. The summed E-state index contributed by atoms with van der Waals surface area (Å²) in [5.74, 6) is 0. The van der Waals surface area contributed by atoms with E-state index in [9.17, 15) is 8.42 Å². The van der Waals surface area contributed by atoms with E-state index in [2.05, 4.69) is 5.32 Å². The van der Waals surface area contributed by atoms with Gasteiger partial charge in [0.1, 0.15) is 0 Å². The van der Waals surface area contributed by atoms with Crippen molar-refractivity contribution < 1.29 is 13.5 Å². The maximum atomic E-state index is 12.3. The van der Waals surface area contributed by atoms with Gasteiger partial charge in [-0.2, -0.15) is 4.31 Å². The lowest BCUT2D eigenvalue weighted by atomic mass is 10.2. The van der Waals surface area contributed by atoms with Gasteiger partial charge in [-0.15, -0.1) is 0 Å². The molecule has 0 aliphatic carbocycles. The molecule has 1 aliphatic rings. The second-order valence-electron chi connectivity index (χ2n) is 4.12. The second-order valence-corrected chi connectivity index (χ2v) is 6.33. The highest BCUT2D eigenvalue weighted by Gasteiger charge is 2.31. The summed E-state index contributed by atoms with van der Waals surface area (Å²) in [7, 11) is -3.22. The molecule has 0 spiro atoms. The molecule has 2 N–H and O–H groups in total. The first-order valence-corrected chi connectivity index (χ1v) is 7.43. The van der Waals surface area contributed by atoms with E-state index in [4.69, 9.17) is 5.11 Å². The van der Waals surface area contributed by atoms with Gasteiger partial charge in [-0.05, 0) is 32.4 Å². The van der Waals surface area contributed by atoms with Gasteiger partial charge in [-0.25, -0.2) is 8.42 Å². The van der Waals surface area contributed by atoms with Crippen LogP contribution in [0.25, 0.3) is 0 Å². The van der Waals surface area contributed by atoms with E-state index < -0.39 is 10.0 Å². The number of hydrogen-bond acceptors (Lipinski definition) is 4. The van der Waals surface area contributed by atoms with Crippen molar-refractivity contribution in [2.75, 3.05) is 32.8 Å². The second kappa shape index (κ2) is 6.54. The van der Waals surface area contributed by atoms with Crippen LogP contribution in [-0.4, -0.2) is 55.9 Å². The molecule has 16 heavy (non-hydrogen) atoms. The van der Waals surface area contributed by atoms with Crippen molar-refractivity contribution in [3.05, 3.63) is 0 Å². The van der Waals surface area contributed by atoms with Crippen molar-refractivity contribution in [1.82, 2.24) is 9.62 Å². The van der Waals surface area contributed by atoms with E-state index in [1.165, 1.54) is 4.31 Å². The van der Waals surface area contributed by atoms with Crippen LogP contribution in [0.3, 0.4) is 0 Å². The fourth-order valence-electron chi connectivity index (χ4n) is 2.03. The lowest BCUT2D eigenvalue weighted by Gasteiger charge is -2.29. The highest BCUT2D eigenvalue weighted by molar-refractivity contribution is 7.89. The van der Waals surface area contributed by atoms with Crippen molar-refractivity contribution in [2.24, 2.45) is 0 Å². The van der Waals surface area contributed by atoms with Crippen LogP contribution >= 0.6 is 0 Å². The Bertz CT molecular complexity index is 280. The third-order valence-electron chi connectivity index (χ3n) is 2.89. The summed E-state index contributed by atoms with van der Waals surface area (Å²) in [5.41, 5.74) is 0. The zero-order chi connectivity index (χ0) is 12.0. The van der Waals surface area contributed by atoms with Crippen LogP contribution in [0.5, 0.6) is 0 Å². The molecule has 1 fully saturated rings. The summed E-state index contributed by atoms with van der Waals surface area (Å²) in [5, 5.41) is 11.8. The van der Waals surface area contributed by atoms with E-state index in [1.807, 2.05) is 6.92 Å². The normalized spacial score (nSPS) is 19.2. The van der Waals surface area contributed by atoms with E-state index in [-0.39, 0.29) is 18.4 Å². The van der Waals surface area contributed by atoms with Crippen molar-refractivity contribution >= 4 is 10.0 Å². The minimum atomic E-state index is -3.22. The molecular formula is C10H22N2O3S. The summed E-state index contributed by atoms with van der Waals surface area (Å²) in [6, 6.07) is 0. The molecule has 1 heterocycles. The summed E-state index contributed by atoms with van der Waals surface area (Å²) >= 11 is 0. The summed E-state index contributed by atoms with van der Waals surface area (Å²) in [6.45, 7) is 4.10. The molecule has 0 aromatic heterocycles. The molecule has 0 bridgehead atoms. The average Bonchev–Trinajstić information content (AvgIpc) is 2.30. The predicted octanol–water partition coefficient (Wildman–Crippen LogP) is -0.227. The highest BCUT2D eigenvalue weighted by atomic mass is 32.2. The number of piperidine rings is 1. The first-order chi connectivity index (χ1) is 7.62. The Morgan fingerprint density at radius 3 is 2.44 bits per heavy atom. The van der Waals surface area contributed by atoms with Crippen LogP contribution < -0.4 is 5.32 Å². The van der Waals surface area contributed by atoms with Gasteiger partial charge in [-0.1, -0.05) is 6.92 Å². The summed E-state index contributed by atoms with van der Waals surface area (Å²) in [6.07, 6.45) is 2.13. The Balaban J connectivity index is 2.70. The molecule has 1 saturated heterocycles. The molecule has 96 valence electrons. The molecule has 0 atom stereocenters. The van der Waals surface area contributed by atoms with Crippen molar-refractivity contribution in [3.63, 3.8) is 0 Å². The minimum Gasteiger partial charge on any atom is -0.395 e. The lowest BCUT2D eigenvalue weighted by molar-refractivity contribution is 0.251. The first kappa shape index (κ1) is 13.9. The molecule has 0 amide bonds. The number of sulfonamides is 1. The van der Waals surface area contributed by atoms with E-state index in [0.29, 0.717) is 19.4 Å². The molecule has 0 aromatic rings. The van der Waals surface area contributed by atoms with E-state index in [0.717, 1.165) is 19.5 Å². The third kappa shape index (κ3) is 3.41. The van der Waals surface area contributed by atoms with Gasteiger partial charge in [0.05, 0.1) is 11.9 Å². The molecular weight excluding hydrogens is 228 g/mol. The molecule has 1 aliphatic heterocycles. The van der Waals surface area contributed by atoms with Crippen LogP contribution in [0.4, 0.5) is 0 Å². The first-order valence-electron chi connectivity index (χ1n) is 5.93. The fraction of sp³-hybridized carbons (Fsp3) is 1.00. The smallest absolute Gasteiger partial charge is 0.217 e. The standard InChI is InChI=1S/C10H22N2O3S/c1-2-7-12(8-9-13)16(14,15)10-3-5-11-6-4-10/h10-11,13H,2-9H2,1H3. The predicted molar refractivity (Wildman–Crippen MR) is 63.8 cm³/mol. The van der Waals surface area contributed by atoms with Gasteiger partial charge in [-0.3, -0.25) is 0 Å². The molecule has 5 nitrogen and oxygen atoms in total. The molecule has 6 heteroatoms. The van der Waals surface area contributed by atoms with Crippen molar-refractivity contribution in [1.29, 1.82) is 0 Å². The van der Waals surface area contributed by atoms with Crippen LogP contribution in [-0.2, 0) is 10.0 Å². The topological polar surface area (TPSA) is 69.6 Å². The number of hydrogen-bond donors (Lipinski definition) is 2. The Morgan fingerprint density at radius 2 is 1.94 bits per heavy atom. The van der Waals surface area contributed by atoms with Crippen LogP contribution in [0.15, 0.2) is 0 Å². The lowest BCUT2D eigenvalue weighted by Crippen LogP contribution is -2.45. The number of aliphatic hydroxyl groups is 1. The molecule has 0 aromatic carbocycles. The molecule has 0 saturated carbocycles. The van der Waals surface area contributed by atoms with Crippen LogP contribution in [0.2, 0.25) is 0 Å². The largest absolute Gasteiger partial charge is 0.395 e. The number of nitrogens with zero attached hydrogens (tertiary/aromatic N) is 1. The highest BCUT2D eigenvalue weighted by Crippen LogP contribution is 2.17. The van der Waals surface area contributed by atoms with Gasteiger partial charge < -0.3 is 10.4 Å². The quantitative estimate of drug-likeness (QED) is 0.683. The van der Waals surface area contributed by atoms with Gasteiger partial charge in [0, 0.05) is 13.1 Å². The number of nitrogens with one attached hydrogen (secondary N) is 1. The Labute approximate surface area is 97.9 Å². The zero-order valence-electron chi connectivity index (χ0n) is 9.85. The van der Waals surface area contributed by atoms with Crippen molar-refractivity contribution in [3.8, 4) is 0 Å². The summed E-state index contributed by atoms with van der Waals surface area (Å²) in [4.78, 5) is 0. The Morgan fingerprint density at radius 1 is 1.31 bits per heavy atom. The van der Waals surface area contributed by atoms with Gasteiger partial charge in [0.15, 0.2) is 0 Å². The maximum absolute atomic E-state index is 12.3. The molecule has 0 unspecified atom stereocenters. The molecule has 1 rings (SSSR count). The van der Waals surface area contributed by atoms with Gasteiger partial charge in [0.2, 0.25) is 10.0 Å². The SMILES string of the molecule is CCCN(CCO)S(=O)(=O)C1CCNCC1. The monoisotopic (exact) mass is 250 g/mol. The van der Waals surface area contributed by atoms with Gasteiger partial charge >= 0.3 is 0 Å². The third-order valence-corrected chi connectivity index (χ3v) is 5.29. The van der Waals surface area contributed by atoms with Gasteiger partial charge in [0.25, 0.3) is 0 Å². The van der Waals surface area contributed by atoms with E-state index in [1.54, 1.807) is 0 Å². The molecule has 0 radical (unpaired) electrons. The Kier molecular flexibility index (Phi) is 5.68. The maximum Gasteiger partial charge on any atom is 0.217 e. The summed E-state index contributed by atoms with van der Waals surface area (Å²) < 4.78 is 25.9.